The lowest BCUT2D eigenvalue weighted by atomic mass is 9.44. The molecule has 4 fully saturated rings. The number of fused-ring (bicyclic) bond motifs is 6. The molecule has 0 saturated heterocycles. The van der Waals surface area contributed by atoms with Crippen molar-refractivity contribution in [3.05, 3.63) is 23.8 Å². The normalized spacial score (nSPS) is 37.4. The third-order valence-corrected chi connectivity index (χ3v) is 11.4. The highest BCUT2D eigenvalue weighted by molar-refractivity contribution is 5.82. The second-order valence-corrected chi connectivity index (χ2v) is 13.0. The van der Waals surface area contributed by atoms with Crippen LogP contribution in [0, 0.1) is 58.0 Å². The molecule has 7 unspecified atom stereocenters. The van der Waals surface area contributed by atoms with Gasteiger partial charge in [0.25, 0.3) is 0 Å². The Kier molecular flexibility index (Phi) is 8.21. The molecule has 0 amide bonds. The van der Waals surface area contributed by atoms with Gasteiger partial charge in [-0.2, -0.15) is 9.90 Å². The van der Waals surface area contributed by atoms with Gasteiger partial charge < -0.3 is 4.74 Å². The molecule has 2 aromatic rings. The Labute approximate surface area is 232 Å². The molecule has 1 aromatic heterocycles. The van der Waals surface area contributed by atoms with Gasteiger partial charge in [-0.1, -0.05) is 34.1 Å². The fraction of sp³-hybridized carbons (Fsp3) is 0.781. The monoisotopic (exact) mass is 543 g/mol. The molecule has 0 aliphatic heterocycles. The van der Waals surface area contributed by atoms with E-state index in [1.807, 2.05) is 13.8 Å². The molecule has 0 bridgehead atoms. The number of ketones is 1. The molecule has 0 N–H and O–H groups in total. The summed E-state index contributed by atoms with van der Waals surface area (Å²) < 4.78 is 34.0. The number of aromatic nitrogens is 3. The van der Waals surface area contributed by atoms with Crippen molar-refractivity contribution in [1.82, 2.24) is 15.0 Å². The Morgan fingerprint density at radius 3 is 2.62 bits per heavy atom. The zero-order chi connectivity index (χ0) is 27.9. The van der Waals surface area contributed by atoms with Gasteiger partial charge in [0.15, 0.2) is 22.9 Å². The quantitative estimate of drug-likeness (QED) is 0.376. The first-order chi connectivity index (χ1) is 18.8. The van der Waals surface area contributed by atoms with E-state index in [-0.39, 0.29) is 34.7 Å². The van der Waals surface area contributed by atoms with Crippen molar-refractivity contribution < 1.29 is 18.3 Å². The van der Waals surface area contributed by atoms with E-state index < -0.39 is 11.6 Å². The molecule has 4 aliphatic rings. The smallest absolute Gasteiger partial charge is 0.188 e. The minimum absolute atomic E-state index is 0.0101. The van der Waals surface area contributed by atoms with Crippen LogP contribution in [0.3, 0.4) is 0 Å². The molecule has 7 heteroatoms. The molecule has 4 aliphatic carbocycles. The van der Waals surface area contributed by atoms with Crippen molar-refractivity contribution in [2.24, 2.45) is 46.3 Å². The van der Waals surface area contributed by atoms with Crippen LogP contribution in [0.5, 0.6) is 0 Å². The highest BCUT2D eigenvalue weighted by Crippen LogP contribution is 2.68. The number of nitrogens with zero attached hydrogens (tertiary/aromatic N) is 3. The maximum absolute atomic E-state index is 14.2. The van der Waals surface area contributed by atoms with Crippen LogP contribution in [0.15, 0.2) is 12.1 Å². The van der Waals surface area contributed by atoms with Crippen molar-refractivity contribution in [1.29, 1.82) is 0 Å². The van der Waals surface area contributed by atoms with Gasteiger partial charge in [0.05, 0.1) is 6.61 Å². The van der Waals surface area contributed by atoms with Crippen molar-refractivity contribution >= 4 is 16.8 Å². The third-order valence-electron chi connectivity index (χ3n) is 11.4. The fourth-order valence-electron chi connectivity index (χ4n) is 9.65. The van der Waals surface area contributed by atoms with Crippen molar-refractivity contribution in [3.63, 3.8) is 0 Å². The Balaban J connectivity index is 0.00000151. The number of hydrogen-bond acceptors (Lipinski definition) is 4. The average molecular weight is 544 g/mol. The molecule has 1 aromatic carbocycles. The molecule has 216 valence electrons. The van der Waals surface area contributed by atoms with Gasteiger partial charge >= 0.3 is 0 Å². The zero-order valence-corrected chi connectivity index (χ0v) is 24.5. The standard InChI is InChI=1S/C30H41F2N3O2.C2H6/c1-4-37-17-30-14-11-18(2)15-19(30)5-6-20-21-7-8-23(29(21,3)13-12-22(20)30)26(36)16-35-33-25-10-9-24(31)27(32)28(25)34-35;1-2/h9-10,18-23H,4-8,11-17H2,1-3H3;1-2H3/t18-,19?,20?,21?,22?,23?,29?,30?;/m0./s1. The first-order valence-electron chi connectivity index (χ1n) is 15.6. The van der Waals surface area contributed by atoms with Gasteiger partial charge in [-0.25, -0.2) is 8.78 Å². The first-order valence-corrected chi connectivity index (χ1v) is 15.6. The van der Waals surface area contributed by atoms with Crippen molar-refractivity contribution in [3.8, 4) is 0 Å². The van der Waals surface area contributed by atoms with E-state index in [0.29, 0.717) is 23.2 Å². The Bertz CT molecular complexity index is 1180. The Hall–Kier alpha value is -1.89. The van der Waals surface area contributed by atoms with E-state index in [1.54, 1.807) is 0 Å². The van der Waals surface area contributed by atoms with E-state index in [2.05, 4.69) is 31.0 Å². The molecular formula is C32H47F2N3O2. The summed E-state index contributed by atoms with van der Waals surface area (Å²) in [5.41, 5.74) is 0.472. The summed E-state index contributed by atoms with van der Waals surface area (Å²) in [5.74, 6) is 1.69. The second-order valence-electron chi connectivity index (χ2n) is 13.0. The van der Waals surface area contributed by atoms with E-state index in [4.69, 9.17) is 4.74 Å². The van der Waals surface area contributed by atoms with Gasteiger partial charge in [-0.05, 0) is 111 Å². The summed E-state index contributed by atoms with van der Waals surface area (Å²) in [6.45, 7) is 12.6. The number of benzene rings is 1. The molecular weight excluding hydrogens is 496 g/mol. The molecule has 1 heterocycles. The maximum Gasteiger partial charge on any atom is 0.188 e. The molecule has 0 radical (unpaired) electrons. The van der Waals surface area contributed by atoms with Gasteiger partial charge in [0, 0.05) is 12.5 Å². The molecule has 4 saturated carbocycles. The molecule has 39 heavy (non-hydrogen) atoms. The molecule has 0 spiro atoms. The number of carbonyl (C=O) groups is 1. The topological polar surface area (TPSA) is 57.0 Å². The van der Waals surface area contributed by atoms with Crippen LogP contribution in [-0.4, -0.2) is 34.0 Å². The van der Waals surface area contributed by atoms with Crippen LogP contribution in [-0.2, 0) is 16.1 Å². The summed E-state index contributed by atoms with van der Waals surface area (Å²) in [6, 6.07) is 2.47. The molecule has 5 nitrogen and oxygen atoms in total. The number of hydrogen-bond donors (Lipinski definition) is 0. The average Bonchev–Trinajstić information content (AvgIpc) is 3.51. The number of halogens is 2. The second kappa shape index (κ2) is 11.2. The number of ether oxygens (including phenoxy) is 1. The lowest BCUT2D eigenvalue weighted by Gasteiger charge is -2.62. The van der Waals surface area contributed by atoms with Crippen molar-refractivity contribution in [2.75, 3.05) is 13.2 Å². The lowest BCUT2D eigenvalue weighted by Crippen LogP contribution is -2.56. The van der Waals surface area contributed by atoms with E-state index in [0.717, 1.165) is 50.4 Å². The van der Waals surface area contributed by atoms with Gasteiger partial charge in [-0.15, -0.1) is 5.10 Å². The Morgan fingerprint density at radius 1 is 1.05 bits per heavy atom. The largest absolute Gasteiger partial charge is 0.381 e. The number of rotatable bonds is 6. The number of Topliss-reactive ketones (excluding diaryl/α,β-unsaturated/α-hetero) is 1. The SMILES string of the molecule is CC.CCOCC12CC[C@H](C)CC1CCC1C3CCC(C(=O)Cn4nc5ccc(F)c(F)c5n4)C3(C)CCC12. The highest BCUT2D eigenvalue weighted by Gasteiger charge is 2.62. The highest BCUT2D eigenvalue weighted by atomic mass is 19.2. The van der Waals surface area contributed by atoms with Crippen LogP contribution in [0.4, 0.5) is 8.78 Å². The van der Waals surface area contributed by atoms with E-state index in [9.17, 15) is 13.6 Å². The predicted octanol–water partition coefficient (Wildman–Crippen LogP) is 7.62. The fourth-order valence-corrected chi connectivity index (χ4v) is 9.65. The van der Waals surface area contributed by atoms with Gasteiger partial charge in [0.1, 0.15) is 12.1 Å². The lowest BCUT2D eigenvalue weighted by molar-refractivity contribution is -0.158. The minimum atomic E-state index is -1.00. The number of carbonyl (C=O) groups excluding carboxylic acids is 1. The van der Waals surface area contributed by atoms with E-state index >= 15 is 0 Å². The summed E-state index contributed by atoms with van der Waals surface area (Å²) >= 11 is 0. The zero-order valence-electron chi connectivity index (χ0n) is 24.5. The van der Waals surface area contributed by atoms with Crippen LogP contribution in [0.2, 0.25) is 0 Å². The Morgan fingerprint density at radius 2 is 1.85 bits per heavy atom. The van der Waals surface area contributed by atoms with Crippen LogP contribution in [0.1, 0.15) is 92.4 Å². The van der Waals surface area contributed by atoms with Crippen molar-refractivity contribution in [2.45, 2.75) is 99.0 Å². The van der Waals surface area contributed by atoms with Gasteiger partial charge in [0.2, 0.25) is 0 Å². The summed E-state index contributed by atoms with van der Waals surface area (Å²) in [7, 11) is 0. The van der Waals surface area contributed by atoms with Crippen LogP contribution in [0.25, 0.3) is 11.0 Å². The van der Waals surface area contributed by atoms with Crippen LogP contribution < -0.4 is 0 Å². The third kappa shape index (κ3) is 4.74. The van der Waals surface area contributed by atoms with Crippen LogP contribution >= 0.6 is 0 Å². The summed E-state index contributed by atoms with van der Waals surface area (Å²) in [6.07, 6.45) is 10.8. The predicted molar refractivity (Wildman–Crippen MR) is 149 cm³/mol. The molecule has 8 atom stereocenters. The summed E-state index contributed by atoms with van der Waals surface area (Å²) in [4.78, 5) is 14.9. The maximum atomic E-state index is 14.2. The van der Waals surface area contributed by atoms with E-state index in [1.165, 1.54) is 49.4 Å². The summed E-state index contributed by atoms with van der Waals surface area (Å²) in [5, 5.41) is 8.39. The molecule has 6 rings (SSSR count). The minimum Gasteiger partial charge on any atom is -0.381 e. The van der Waals surface area contributed by atoms with Gasteiger partial charge in [-0.3, -0.25) is 4.79 Å². The first kappa shape index (κ1) is 28.6.